The Balaban J connectivity index is 0.950. The third-order valence-electron chi connectivity index (χ3n) is 13.6. The minimum atomic E-state index is -4.26. The molecule has 0 atom stereocenters. The zero-order chi connectivity index (χ0) is 52.5. The molecule has 2 aliphatic rings. The molecule has 20 heteroatoms. The van der Waals surface area contributed by atoms with Crippen LogP contribution in [-0.2, 0) is 52.9 Å². The van der Waals surface area contributed by atoms with E-state index in [4.69, 9.17) is 16.3 Å². The van der Waals surface area contributed by atoms with Gasteiger partial charge in [0.15, 0.2) is 0 Å². The van der Waals surface area contributed by atoms with Crippen molar-refractivity contribution in [2.24, 2.45) is 0 Å². The molecule has 388 valence electrons. The van der Waals surface area contributed by atoms with E-state index in [9.17, 15) is 25.3 Å². The van der Waals surface area contributed by atoms with E-state index in [0.717, 1.165) is 16.7 Å². The Labute approximate surface area is 436 Å². The predicted octanol–water partition coefficient (Wildman–Crippen LogP) is 8.95. The molecule has 0 saturated carbocycles. The second-order valence-corrected chi connectivity index (χ2v) is 26.6. The van der Waals surface area contributed by atoms with Crippen molar-refractivity contribution < 1.29 is 38.4 Å². The number of aryl methyl sites for hydroxylation is 7. The van der Waals surface area contributed by atoms with Gasteiger partial charge in [0.05, 0.1) is 31.7 Å². The molecule has 15 nitrogen and oxygen atoms in total. The number of ether oxygens (including phenoxy) is 1. The predicted molar refractivity (Wildman–Crippen MR) is 284 cm³/mol. The van der Waals surface area contributed by atoms with Gasteiger partial charge in [0, 0.05) is 50.7 Å². The summed E-state index contributed by atoms with van der Waals surface area (Å²) < 4.78 is 126. The molecule has 0 N–H and O–H groups in total. The molecule has 4 heterocycles. The SMILES string of the molecule is COc1ccc(S(=O)(=O)N2CCC(N(c3ccccn3)S(=O)(=O)c3c(C)cc(C)cc3CCCc3ccc(S(=O)(=O)N4CCC(N(c5ccccn5)S(=O)(=O)c5c(C)cc(C)cc5C)CC4)cc3)CC2)cc1Cl. The van der Waals surface area contributed by atoms with Crippen LogP contribution in [0, 0.1) is 34.6 Å². The van der Waals surface area contributed by atoms with Gasteiger partial charge in [-0.3, -0.25) is 0 Å². The largest absolute Gasteiger partial charge is 0.495 e. The quantitative estimate of drug-likeness (QED) is 0.0850. The summed E-state index contributed by atoms with van der Waals surface area (Å²) >= 11 is 6.29. The Morgan fingerprint density at radius 2 is 1.01 bits per heavy atom. The molecule has 2 aliphatic heterocycles. The van der Waals surface area contributed by atoms with E-state index in [1.54, 1.807) is 87.6 Å². The van der Waals surface area contributed by atoms with Crippen LogP contribution < -0.4 is 13.3 Å². The number of nitrogens with zero attached hydrogens (tertiary/aromatic N) is 6. The Bertz CT molecular complexity index is 3400. The molecule has 2 saturated heterocycles. The number of hydrogen-bond donors (Lipinski definition) is 0. The number of pyridine rings is 2. The minimum Gasteiger partial charge on any atom is -0.495 e. The normalized spacial score (nSPS) is 15.8. The number of aromatic nitrogens is 2. The van der Waals surface area contributed by atoms with Crippen molar-refractivity contribution in [3.05, 3.63) is 159 Å². The number of hydrogen-bond acceptors (Lipinski definition) is 11. The van der Waals surface area contributed by atoms with E-state index in [1.165, 1.54) is 48.7 Å². The highest BCUT2D eigenvalue weighted by molar-refractivity contribution is 7.93. The summed E-state index contributed by atoms with van der Waals surface area (Å²) in [4.78, 5) is 9.46. The fourth-order valence-electron chi connectivity index (χ4n) is 10.4. The van der Waals surface area contributed by atoms with Gasteiger partial charge in [-0.2, -0.15) is 8.61 Å². The lowest BCUT2D eigenvalue weighted by molar-refractivity contribution is 0.319. The van der Waals surface area contributed by atoms with Crippen molar-refractivity contribution in [3.8, 4) is 5.75 Å². The molecular weight excluding hydrogens is 1030 g/mol. The fraction of sp³-hybridized carbons (Fsp3) is 0.358. The molecule has 2 aromatic heterocycles. The fourth-order valence-corrected chi connectivity index (χ4v) is 17.9. The molecular formula is C53H61ClN6O9S4. The first-order valence-corrected chi connectivity index (χ1v) is 30.3. The second-order valence-electron chi connectivity index (χ2n) is 18.8. The van der Waals surface area contributed by atoms with Crippen LogP contribution in [0.25, 0.3) is 0 Å². The summed E-state index contributed by atoms with van der Waals surface area (Å²) in [7, 11) is -14.8. The van der Waals surface area contributed by atoms with Crippen LogP contribution in [0.3, 0.4) is 0 Å². The van der Waals surface area contributed by atoms with Gasteiger partial charge >= 0.3 is 0 Å². The Morgan fingerprint density at radius 1 is 0.562 bits per heavy atom. The topological polar surface area (TPSA) is 185 Å². The number of benzene rings is 4. The summed E-state index contributed by atoms with van der Waals surface area (Å²) in [6, 6.07) is 27.5. The highest BCUT2D eigenvalue weighted by Crippen LogP contribution is 2.37. The lowest BCUT2D eigenvalue weighted by atomic mass is 10.0. The van der Waals surface area contributed by atoms with Crippen molar-refractivity contribution in [1.82, 2.24) is 18.6 Å². The van der Waals surface area contributed by atoms with Crippen LogP contribution >= 0.6 is 11.6 Å². The van der Waals surface area contributed by atoms with E-state index in [2.05, 4.69) is 9.97 Å². The average Bonchev–Trinajstić information content (AvgIpc) is 3.34. The van der Waals surface area contributed by atoms with Crippen LogP contribution in [0.4, 0.5) is 11.6 Å². The molecule has 0 spiro atoms. The average molecular weight is 1090 g/mol. The van der Waals surface area contributed by atoms with Gasteiger partial charge in [-0.1, -0.05) is 71.3 Å². The summed E-state index contributed by atoms with van der Waals surface area (Å²) in [6.07, 6.45) is 5.53. The first-order chi connectivity index (χ1) is 34.6. The highest BCUT2D eigenvalue weighted by Gasteiger charge is 2.41. The Hall–Kier alpha value is -5.41. The maximum atomic E-state index is 15.2. The number of piperidine rings is 2. The molecule has 0 amide bonds. The van der Waals surface area contributed by atoms with Gasteiger partial charge in [0.1, 0.15) is 17.4 Å². The van der Waals surface area contributed by atoms with Crippen LogP contribution in [0.2, 0.25) is 5.02 Å². The molecule has 4 aromatic carbocycles. The first-order valence-electron chi connectivity index (χ1n) is 24.2. The number of rotatable bonds is 17. The van der Waals surface area contributed by atoms with Gasteiger partial charge in [0.2, 0.25) is 20.0 Å². The van der Waals surface area contributed by atoms with Gasteiger partial charge < -0.3 is 4.74 Å². The molecule has 0 unspecified atom stereocenters. The van der Waals surface area contributed by atoms with E-state index in [0.29, 0.717) is 47.3 Å². The smallest absolute Gasteiger partial charge is 0.266 e. The van der Waals surface area contributed by atoms with Crippen molar-refractivity contribution >= 4 is 63.3 Å². The van der Waals surface area contributed by atoms with Crippen molar-refractivity contribution in [3.63, 3.8) is 0 Å². The van der Waals surface area contributed by atoms with E-state index >= 15 is 8.42 Å². The highest BCUT2D eigenvalue weighted by atomic mass is 35.5. The van der Waals surface area contributed by atoms with Crippen LogP contribution in [-0.4, -0.2) is 97.6 Å². The van der Waals surface area contributed by atoms with E-state index < -0.39 is 52.2 Å². The lowest BCUT2D eigenvalue weighted by Crippen LogP contribution is -2.49. The van der Waals surface area contributed by atoms with Crippen molar-refractivity contribution in [1.29, 1.82) is 0 Å². The minimum absolute atomic E-state index is 0.0186. The third kappa shape index (κ3) is 11.2. The number of halogens is 1. The maximum Gasteiger partial charge on any atom is 0.266 e. The zero-order valence-electron chi connectivity index (χ0n) is 41.8. The monoisotopic (exact) mass is 1090 g/mol. The lowest BCUT2D eigenvalue weighted by Gasteiger charge is -2.38. The van der Waals surface area contributed by atoms with Crippen molar-refractivity contribution in [2.75, 3.05) is 41.9 Å². The summed E-state index contributed by atoms with van der Waals surface area (Å²) in [5.41, 5.74) is 5.20. The molecule has 2 fully saturated rings. The van der Waals surface area contributed by atoms with Gasteiger partial charge in [0.25, 0.3) is 20.0 Å². The zero-order valence-corrected chi connectivity index (χ0v) is 45.8. The second kappa shape index (κ2) is 21.8. The van der Waals surface area contributed by atoms with E-state index in [-0.39, 0.29) is 88.1 Å². The van der Waals surface area contributed by atoms with Gasteiger partial charge in [-0.15, -0.1) is 0 Å². The third-order valence-corrected chi connectivity index (χ3v) is 22.0. The summed E-state index contributed by atoms with van der Waals surface area (Å²) in [5, 5.41) is 0.163. The van der Waals surface area contributed by atoms with E-state index in [1.807, 2.05) is 38.1 Å². The van der Waals surface area contributed by atoms with Gasteiger partial charge in [-0.05, 0) is 162 Å². The van der Waals surface area contributed by atoms with Crippen molar-refractivity contribution in [2.45, 2.75) is 111 Å². The molecule has 0 bridgehead atoms. The van der Waals surface area contributed by atoms with Crippen LogP contribution in [0.1, 0.15) is 71.0 Å². The summed E-state index contributed by atoms with van der Waals surface area (Å²) in [5.74, 6) is 0.864. The molecule has 6 aromatic rings. The molecule has 0 aliphatic carbocycles. The Kier molecular flexibility index (Phi) is 16.1. The number of anilines is 2. The van der Waals surface area contributed by atoms with Gasteiger partial charge in [-0.25, -0.2) is 52.2 Å². The number of sulfonamides is 4. The molecule has 0 radical (unpaired) electrons. The Morgan fingerprint density at radius 3 is 1.48 bits per heavy atom. The first kappa shape index (κ1) is 53.9. The maximum absolute atomic E-state index is 15.2. The van der Waals surface area contributed by atoms with Crippen LogP contribution in [0.5, 0.6) is 5.75 Å². The molecule has 8 rings (SSSR count). The number of methoxy groups -OCH3 is 1. The van der Waals surface area contributed by atoms with Crippen LogP contribution in [0.15, 0.2) is 135 Å². The summed E-state index contributed by atoms with van der Waals surface area (Å²) in [6.45, 7) is 9.55. The molecule has 73 heavy (non-hydrogen) atoms. The standard InChI is InChI=1S/C53H61ClN6O9S4/c1-37-32-39(3)52(40(4)33-37)72(65,66)59(50-14-7-9-26-55-50)44-22-28-57(29-23-44)70(61,62)46-18-16-42(17-19-46)12-11-13-43-35-38(2)34-41(5)53(43)73(67,68)60(51-15-8-10-27-56-51)45-24-30-58(31-25-45)71(63,64)47-20-21-49(69-6)48(54)36-47/h7-10,14-21,26-27,32-36,44-45H,11-13,22-25,28-31H2,1-6H3.